The summed E-state index contributed by atoms with van der Waals surface area (Å²) in [6, 6.07) is 6.08. The van der Waals surface area contributed by atoms with Crippen LogP contribution >= 0.6 is 0 Å². The average molecular weight is 276 g/mol. The molecule has 4 heteroatoms. The zero-order chi connectivity index (χ0) is 14.5. The molecular formula is C16H24N2O2. The van der Waals surface area contributed by atoms with Gasteiger partial charge in [0.15, 0.2) is 6.10 Å². The van der Waals surface area contributed by atoms with Crippen molar-refractivity contribution in [3.8, 4) is 5.75 Å². The van der Waals surface area contributed by atoms with Crippen molar-refractivity contribution in [1.29, 1.82) is 0 Å². The first-order valence-corrected chi connectivity index (χ1v) is 7.44. The maximum Gasteiger partial charge on any atom is 0.260 e. The monoisotopic (exact) mass is 276 g/mol. The van der Waals surface area contributed by atoms with Crippen molar-refractivity contribution >= 4 is 5.91 Å². The van der Waals surface area contributed by atoms with E-state index in [-0.39, 0.29) is 11.9 Å². The van der Waals surface area contributed by atoms with Crippen LogP contribution in [-0.4, -0.2) is 18.6 Å². The van der Waals surface area contributed by atoms with Crippen LogP contribution in [0.25, 0.3) is 0 Å². The zero-order valence-electron chi connectivity index (χ0n) is 12.3. The molecule has 0 radical (unpaired) electrons. The Hall–Kier alpha value is -1.55. The van der Waals surface area contributed by atoms with Crippen LogP contribution in [0.2, 0.25) is 0 Å². The van der Waals surface area contributed by atoms with Crippen LogP contribution < -0.4 is 15.8 Å². The Balaban J connectivity index is 1.91. The first kappa shape index (κ1) is 14.9. The van der Waals surface area contributed by atoms with Crippen LogP contribution in [0.1, 0.15) is 50.3 Å². The number of amides is 1. The van der Waals surface area contributed by atoms with E-state index >= 15 is 0 Å². The van der Waals surface area contributed by atoms with Crippen molar-refractivity contribution in [2.75, 3.05) is 6.54 Å². The van der Waals surface area contributed by atoms with Gasteiger partial charge in [-0.05, 0) is 49.4 Å². The maximum atomic E-state index is 11.9. The lowest BCUT2D eigenvalue weighted by Gasteiger charge is -2.15. The summed E-state index contributed by atoms with van der Waals surface area (Å²) < 4.78 is 5.71. The van der Waals surface area contributed by atoms with Gasteiger partial charge in [0, 0.05) is 12.6 Å². The molecule has 1 aromatic rings. The number of unbranched alkanes of at least 4 members (excludes halogenated alkanes) is 1. The van der Waals surface area contributed by atoms with Gasteiger partial charge in [-0.15, -0.1) is 0 Å². The van der Waals surface area contributed by atoms with Gasteiger partial charge in [0.05, 0.1) is 0 Å². The number of ether oxygens (including phenoxy) is 1. The van der Waals surface area contributed by atoms with Gasteiger partial charge in [0.25, 0.3) is 5.91 Å². The molecular weight excluding hydrogens is 252 g/mol. The van der Waals surface area contributed by atoms with E-state index in [2.05, 4.69) is 12.2 Å². The number of hydrogen-bond acceptors (Lipinski definition) is 3. The van der Waals surface area contributed by atoms with Gasteiger partial charge >= 0.3 is 0 Å². The third-order valence-electron chi connectivity index (χ3n) is 3.75. The molecule has 0 fully saturated rings. The van der Waals surface area contributed by atoms with Gasteiger partial charge in [0.1, 0.15) is 5.75 Å². The molecule has 3 N–H and O–H groups in total. The molecule has 0 spiro atoms. The fraction of sp³-hybridized carbons (Fsp3) is 0.562. The summed E-state index contributed by atoms with van der Waals surface area (Å²) >= 11 is 0. The number of nitrogens with one attached hydrogen (secondary N) is 1. The number of carbonyl (C=O) groups is 1. The van der Waals surface area contributed by atoms with E-state index in [0.29, 0.717) is 6.54 Å². The first-order chi connectivity index (χ1) is 9.61. The highest BCUT2D eigenvalue weighted by Crippen LogP contribution is 2.32. The topological polar surface area (TPSA) is 64.3 Å². The summed E-state index contributed by atoms with van der Waals surface area (Å²) in [6.07, 6.45) is 3.58. The third kappa shape index (κ3) is 3.51. The van der Waals surface area contributed by atoms with E-state index in [9.17, 15) is 4.79 Å². The lowest BCUT2D eigenvalue weighted by molar-refractivity contribution is -0.127. The summed E-state index contributed by atoms with van der Waals surface area (Å²) in [4.78, 5) is 11.9. The van der Waals surface area contributed by atoms with Crippen molar-refractivity contribution in [2.45, 2.75) is 51.7 Å². The third-order valence-corrected chi connectivity index (χ3v) is 3.75. The van der Waals surface area contributed by atoms with Gasteiger partial charge in [-0.2, -0.15) is 0 Å². The Kier molecular flexibility index (Phi) is 5.01. The Morgan fingerprint density at radius 2 is 2.35 bits per heavy atom. The second-order valence-electron chi connectivity index (χ2n) is 5.41. The number of aryl methyl sites for hydroxylation is 1. The lowest BCUT2D eigenvalue weighted by Crippen LogP contribution is -2.36. The van der Waals surface area contributed by atoms with Crippen molar-refractivity contribution in [3.05, 3.63) is 29.3 Å². The minimum atomic E-state index is -0.472. The molecule has 1 aliphatic carbocycles. The van der Waals surface area contributed by atoms with Crippen LogP contribution in [0.15, 0.2) is 18.2 Å². The lowest BCUT2D eigenvalue weighted by atomic mass is 10.1. The maximum absolute atomic E-state index is 11.9. The summed E-state index contributed by atoms with van der Waals surface area (Å²) in [7, 11) is 0. The second-order valence-corrected chi connectivity index (χ2v) is 5.41. The molecule has 0 aliphatic heterocycles. The Morgan fingerprint density at radius 1 is 1.55 bits per heavy atom. The average Bonchev–Trinajstić information content (AvgIpc) is 2.80. The first-order valence-electron chi connectivity index (χ1n) is 7.44. The molecule has 0 saturated carbocycles. The highest BCUT2D eigenvalue weighted by Gasteiger charge is 2.20. The van der Waals surface area contributed by atoms with Crippen LogP contribution in [0.4, 0.5) is 0 Å². The van der Waals surface area contributed by atoms with E-state index in [1.54, 1.807) is 6.92 Å². The Labute approximate surface area is 120 Å². The Bertz CT molecular complexity index is 474. The fourth-order valence-electron chi connectivity index (χ4n) is 2.49. The summed E-state index contributed by atoms with van der Waals surface area (Å²) in [6.45, 7) is 4.59. The van der Waals surface area contributed by atoms with Gasteiger partial charge in [-0.25, -0.2) is 0 Å². The van der Waals surface area contributed by atoms with E-state index in [1.165, 1.54) is 11.1 Å². The minimum Gasteiger partial charge on any atom is -0.481 e. The zero-order valence-corrected chi connectivity index (χ0v) is 12.3. The smallest absolute Gasteiger partial charge is 0.260 e. The molecule has 0 aromatic heterocycles. The van der Waals surface area contributed by atoms with E-state index in [4.69, 9.17) is 10.5 Å². The molecule has 2 rings (SSSR count). The van der Waals surface area contributed by atoms with E-state index in [1.807, 2.05) is 18.2 Å². The highest BCUT2D eigenvalue weighted by atomic mass is 16.5. The van der Waals surface area contributed by atoms with Crippen LogP contribution in [0.3, 0.4) is 0 Å². The highest BCUT2D eigenvalue weighted by molar-refractivity contribution is 5.80. The van der Waals surface area contributed by atoms with Crippen LogP contribution in [-0.2, 0) is 11.2 Å². The fourth-order valence-corrected chi connectivity index (χ4v) is 2.49. The van der Waals surface area contributed by atoms with Crippen LogP contribution in [0.5, 0.6) is 5.75 Å². The van der Waals surface area contributed by atoms with Gasteiger partial charge in [-0.1, -0.05) is 19.4 Å². The van der Waals surface area contributed by atoms with Crippen molar-refractivity contribution in [1.82, 2.24) is 5.32 Å². The van der Waals surface area contributed by atoms with E-state index in [0.717, 1.165) is 31.4 Å². The number of nitrogens with two attached hydrogens (primary N) is 1. The largest absolute Gasteiger partial charge is 0.481 e. The SMILES string of the molecule is CCCCNC(=O)C(C)Oc1ccc2c(c1)CCC2N. The quantitative estimate of drug-likeness (QED) is 0.784. The number of hydrogen-bond donors (Lipinski definition) is 2. The molecule has 2 unspecified atom stereocenters. The normalized spacial score (nSPS) is 18.4. The molecule has 2 atom stereocenters. The van der Waals surface area contributed by atoms with Crippen LogP contribution in [0, 0.1) is 0 Å². The second kappa shape index (κ2) is 6.75. The van der Waals surface area contributed by atoms with Crippen molar-refractivity contribution in [3.63, 3.8) is 0 Å². The van der Waals surface area contributed by atoms with Gasteiger partial charge in [0.2, 0.25) is 0 Å². The minimum absolute atomic E-state index is 0.0596. The molecule has 0 heterocycles. The molecule has 1 amide bonds. The van der Waals surface area contributed by atoms with Crippen molar-refractivity contribution in [2.24, 2.45) is 5.73 Å². The number of fused-ring (bicyclic) bond motifs is 1. The molecule has 0 saturated heterocycles. The predicted molar refractivity (Wildman–Crippen MR) is 79.7 cm³/mol. The van der Waals surface area contributed by atoms with Gasteiger partial charge < -0.3 is 15.8 Å². The summed E-state index contributed by atoms with van der Waals surface area (Å²) in [5, 5.41) is 2.88. The molecule has 20 heavy (non-hydrogen) atoms. The van der Waals surface area contributed by atoms with Gasteiger partial charge in [-0.3, -0.25) is 4.79 Å². The van der Waals surface area contributed by atoms with Crippen molar-refractivity contribution < 1.29 is 9.53 Å². The molecule has 110 valence electrons. The molecule has 0 bridgehead atoms. The molecule has 1 aromatic carbocycles. The molecule has 4 nitrogen and oxygen atoms in total. The Morgan fingerprint density at radius 3 is 3.10 bits per heavy atom. The number of benzene rings is 1. The number of rotatable bonds is 6. The standard InChI is InChI=1S/C16H24N2O2/c1-3-4-9-18-16(19)11(2)20-13-6-7-14-12(10-13)5-8-15(14)17/h6-7,10-11,15H,3-5,8-9,17H2,1-2H3,(H,18,19). The molecule has 1 aliphatic rings. The predicted octanol–water partition coefficient (Wildman–Crippen LogP) is 2.32. The summed E-state index contributed by atoms with van der Waals surface area (Å²) in [5.74, 6) is 0.687. The number of carbonyl (C=O) groups excluding carboxylic acids is 1. The summed E-state index contributed by atoms with van der Waals surface area (Å²) in [5.41, 5.74) is 8.46. The van der Waals surface area contributed by atoms with E-state index < -0.39 is 6.10 Å².